The summed E-state index contributed by atoms with van der Waals surface area (Å²) in [5.41, 5.74) is 1.64. The summed E-state index contributed by atoms with van der Waals surface area (Å²) in [4.78, 5) is 2.53. The van der Waals surface area contributed by atoms with Gasteiger partial charge in [-0.3, -0.25) is 4.90 Å². The third-order valence-electron chi connectivity index (χ3n) is 3.35. The molecule has 2 rings (SSSR count). The molecule has 1 aromatic rings. The van der Waals surface area contributed by atoms with Crippen LogP contribution in [0.4, 0.5) is 0 Å². The molecular formula is C14H21NO. The van der Waals surface area contributed by atoms with Gasteiger partial charge < -0.3 is 4.74 Å². The summed E-state index contributed by atoms with van der Waals surface area (Å²) in [7, 11) is 0. The number of hydrogen-bond donors (Lipinski definition) is 0. The van der Waals surface area contributed by atoms with Crippen LogP contribution in [-0.4, -0.2) is 36.7 Å². The van der Waals surface area contributed by atoms with Crippen molar-refractivity contribution in [1.82, 2.24) is 4.90 Å². The second-order valence-electron chi connectivity index (χ2n) is 5.07. The Labute approximate surface area is 98.2 Å². The van der Waals surface area contributed by atoms with Crippen LogP contribution >= 0.6 is 0 Å². The highest BCUT2D eigenvalue weighted by Gasteiger charge is 2.28. The molecule has 1 aliphatic rings. The number of morpholine rings is 1. The second kappa shape index (κ2) is 4.98. The van der Waals surface area contributed by atoms with E-state index in [2.05, 4.69) is 49.1 Å². The van der Waals surface area contributed by atoms with Gasteiger partial charge in [-0.2, -0.15) is 0 Å². The molecule has 2 heteroatoms. The van der Waals surface area contributed by atoms with E-state index in [0.29, 0.717) is 0 Å². The molecule has 1 heterocycles. The van der Waals surface area contributed by atoms with E-state index in [-0.39, 0.29) is 5.54 Å². The second-order valence-corrected chi connectivity index (χ2v) is 5.07. The van der Waals surface area contributed by atoms with Crippen molar-refractivity contribution in [3.63, 3.8) is 0 Å². The van der Waals surface area contributed by atoms with Crippen LogP contribution in [0.15, 0.2) is 30.3 Å². The molecule has 1 aromatic carbocycles. The highest BCUT2D eigenvalue weighted by molar-refractivity contribution is 5.17. The van der Waals surface area contributed by atoms with Crippen molar-refractivity contribution >= 4 is 0 Å². The molecule has 2 nitrogen and oxygen atoms in total. The fraction of sp³-hybridized carbons (Fsp3) is 0.571. The summed E-state index contributed by atoms with van der Waals surface area (Å²) in [5, 5.41) is 0. The van der Waals surface area contributed by atoms with Gasteiger partial charge in [-0.25, -0.2) is 0 Å². The van der Waals surface area contributed by atoms with Crippen molar-refractivity contribution < 1.29 is 4.74 Å². The maximum atomic E-state index is 5.40. The Hall–Kier alpha value is -0.860. The molecule has 0 aromatic heterocycles. The van der Waals surface area contributed by atoms with Crippen LogP contribution in [0.25, 0.3) is 0 Å². The maximum Gasteiger partial charge on any atom is 0.0594 e. The van der Waals surface area contributed by atoms with Gasteiger partial charge in [-0.1, -0.05) is 30.3 Å². The fourth-order valence-electron chi connectivity index (χ4n) is 2.38. The molecule has 0 radical (unpaired) electrons. The molecule has 0 spiro atoms. The lowest BCUT2D eigenvalue weighted by molar-refractivity contribution is -0.00984. The number of ether oxygens (including phenoxy) is 1. The monoisotopic (exact) mass is 219 g/mol. The van der Waals surface area contributed by atoms with Crippen molar-refractivity contribution in [3.8, 4) is 0 Å². The molecule has 0 unspecified atom stereocenters. The Balaban J connectivity index is 2.01. The minimum absolute atomic E-state index is 0.227. The van der Waals surface area contributed by atoms with Crippen LogP contribution in [0.3, 0.4) is 0 Å². The van der Waals surface area contributed by atoms with Gasteiger partial charge in [0, 0.05) is 18.6 Å². The standard InChI is InChI=1S/C14H21NO/c1-14(2,15-8-10-16-11-9-15)12-13-6-4-3-5-7-13/h3-7H,8-12H2,1-2H3. The molecule has 1 fully saturated rings. The first kappa shape index (κ1) is 11.6. The van der Waals surface area contributed by atoms with Gasteiger partial charge in [0.15, 0.2) is 0 Å². The van der Waals surface area contributed by atoms with E-state index >= 15 is 0 Å². The SMILES string of the molecule is CC(C)(Cc1ccccc1)N1CCOCC1. The van der Waals surface area contributed by atoms with Gasteiger partial charge in [-0.05, 0) is 25.8 Å². The zero-order valence-corrected chi connectivity index (χ0v) is 10.3. The zero-order valence-electron chi connectivity index (χ0n) is 10.3. The summed E-state index contributed by atoms with van der Waals surface area (Å²) >= 11 is 0. The summed E-state index contributed by atoms with van der Waals surface area (Å²) in [5.74, 6) is 0. The van der Waals surface area contributed by atoms with E-state index in [4.69, 9.17) is 4.74 Å². The van der Waals surface area contributed by atoms with Crippen LogP contribution in [0, 0.1) is 0 Å². The van der Waals surface area contributed by atoms with Crippen LogP contribution < -0.4 is 0 Å². The average Bonchev–Trinajstić information content (AvgIpc) is 2.31. The molecule has 16 heavy (non-hydrogen) atoms. The van der Waals surface area contributed by atoms with Gasteiger partial charge in [-0.15, -0.1) is 0 Å². The van der Waals surface area contributed by atoms with Crippen molar-refractivity contribution in [3.05, 3.63) is 35.9 Å². The molecule has 0 saturated carbocycles. The van der Waals surface area contributed by atoms with Gasteiger partial charge in [0.2, 0.25) is 0 Å². The number of benzene rings is 1. The van der Waals surface area contributed by atoms with E-state index in [1.807, 2.05) is 0 Å². The molecule has 0 aliphatic carbocycles. The Morgan fingerprint density at radius 2 is 1.75 bits per heavy atom. The minimum Gasteiger partial charge on any atom is -0.379 e. The van der Waals surface area contributed by atoms with Gasteiger partial charge in [0.1, 0.15) is 0 Å². The third kappa shape index (κ3) is 2.83. The highest BCUT2D eigenvalue weighted by atomic mass is 16.5. The topological polar surface area (TPSA) is 12.5 Å². The molecule has 0 amide bonds. The summed E-state index contributed by atoms with van der Waals surface area (Å²) in [6.45, 7) is 8.51. The Kier molecular flexibility index (Phi) is 3.62. The van der Waals surface area contributed by atoms with Crippen LogP contribution in [0.2, 0.25) is 0 Å². The predicted octanol–water partition coefficient (Wildman–Crippen LogP) is 2.34. The lowest BCUT2D eigenvalue weighted by atomic mass is 9.92. The van der Waals surface area contributed by atoms with Crippen LogP contribution in [-0.2, 0) is 11.2 Å². The number of nitrogens with zero attached hydrogens (tertiary/aromatic N) is 1. The quantitative estimate of drug-likeness (QED) is 0.773. The third-order valence-corrected chi connectivity index (χ3v) is 3.35. The fourth-order valence-corrected chi connectivity index (χ4v) is 2.38. The molecule has 1 aliphatic heterocycles. The Morgan fingerprint density at radius 3 is 2.38 bits per heavy atom. The highest BCUT2D eigenvalue weighted by Crippen LogP contribution is 2.21. The molecule has 0 N–H and O–H groups in total. The largest absolute Gasteiger partial charge is 0.379 e. The first-order chi connectivity index (χ1) is 7.68. The molecule has 88 valence electrons. The molecule has 1 saturated heterocycles. The van der Waals surface area contributed by atoms with E-state index in [0.717, 1.165) is 32.7 Å². The molecular weight excluding hydrogens is 198 g/mol. The lowest BCUT2D eigenvalue weighted by Crippen LogP contribution is -2.51. The molecule has 0 bridgehead atoms. The van der Waals surface area contributed by atoms with E-state index in [1.165, 1.54) is 5.56 Å². The van der Waals surface area contributed by atoms with E-state index in [1.54, 1.807) is 0 Å². The van der Waals surface area contributed by atoms with Crippen LogP contribution in [0.1, 0.15) is 19.4 Å². The Bertz CT molecular complexity index is 315. The average molecular weight is 219 g/mol. The van der Waals surface area contributed by atoms with Gasteiger partial charge in [0.05, 0.1) is 13.2 Å². The van der Waals surface area contributed by atoms with Crippen molar-refractivity contribution in [2.24, 2.45) is 0 Å². The maximum absolute atomic E-state index is 5.40. The Morgan fingerprint density at radius 1 is 1.12 bits per heavy atom. The van der Waals surface area contributed by atoms with Crippen LogP contribution in [0.5, 0.6) is 0 Å². The van der Waals surface area contributed by atoms with E-state index in [9.17, 15) is 0 Å². The van der Waals surface area contributed by atoms with Crippen molar-refractivity contribution in [2.75, 3.05) is 26.3 Å². The normalized spacial score (nSPS) is 18.6. The first-order valence-corrected chi connectivity index (χ1v) is 6.05. The zero-order chi connectivity index (χ0) is 11.4. The lowest BCUT2D eigenvalue weighted by Gasteiger charge is -2.41. The minimum atomic E-state index is 0.227. The number of rotatable bonds is 3. The van der Waals surface area contributed by atoms with E-state index < -0.39 is 0 Å². The summed E-state index contributed by atoms with van der Waals surface area (Å²) in [6.07, 6.45) is 1.10. The summed E-state index contributed by atoms with van der Waals surface area (Å²) < 4.78 is 5.40. The van der Waals surface area contributed by atoms with Gasteiger partial charge >= 0.3 is 0 Å². The van der Waals surface area contributed by atoms with Gasteiger partial charge in [0.25, 0.3) is 0 Å². The predicted molar refractivity (Wildman–Crippen MR) is 66.6 cm³/mol. The molecule has 0 atom stereocenters. The smallest absolute Gasteiger partial charge is 0.0594 e. The van der Waals surface area contributed by atoms with Crippen molar-refractivity contribution in [2.45, 2.75) is 25.8 Å². The first-order valence-electron chi connectivity index (χ1n) is 6.05. The van der Waals surface area contributed by atoms with Crippen molar-refractivity contribution in [1.29, 1.82) is 0 Å². The summed E-state index contributed by atoms with van der Waals surface area (Å²) in [6, 6.07) is 10.7. The number of hydrogen-bond acceptors (Lipinski definition) is 2.